The highest BCUT2D eigenvalue weighted by atomic mass is 32.2. The molecule has 2 fully saturated rings. The molecule has 1 N–H and O–H groups in total. The van der Waals surface area contributed by atoms with Gasteiger partial charge in [0.2, 0.25) is 5.88 Å². The third-order valence-electron chi connectivity index (χ3n) is 6.74. The monoisotopic (exact) mass is 486 g/mol. The highest BCUT2D eigenvalue weighted by molar-refractivity contribution is 7.91. The Kier molecular flexibility index (Phi) is 6.03. The largest absolute Gasteiger partial charge is 0.493 e. The molecule has 180 valence electrons. The second-order valence-electron chi connectivity index (χ2n) is 9.10. The minimum absolute atomic E-state index is 0.000617. The predicted octanol–water partition coefficient (Wildman–Crippen LogP) is 2.56. The highest BCUT2D eigenvalue weighted by Gasteiger charge is 2.25. The fourth-order valence-electron chi connectivity index (χ4n) is 4.45. The van der Waals surface area contributed by atoms with Crippen molar-refractivity contribution >= 4 is 9.84 Å². The first kappa shape index (κ1) is 22.8. The third-order valence-corrected chi connectivity index (χ3v) is 8.35. The summed E-state index contributed by atoms with van der Waals surface area (Å²) in [7, 11) is -3.00. The SMILES string of the molecule is O=c1n(Cc2ccc(-c3ccc(F)c(CN4CCS(=O)(=O)CC4)n3)cc2)cc(O)n1C1CCC1. The molecule has 0 bridgehead atoms. The summed E-state index contributed by atoms with van der Waals surface area (Å²) in [4.78, 5) is 19.1. The van der Waals surface area contributed by atoms with Crippen molar-refractivity contribution in [2.24, 2.45) is 0 Å². The fraction of sp³-hybridized carbons (Fsp3) is 0.417. The lowest BCUT2D eigenvalue weighted by Gasteiger charge is -2.26. The van der Waals surface area contributed by atoms with Gasteiger partial charge in [-0.2, -0.15) is 0 Å². The van der Waals surface area contributed by atoms with Crippen molar-refractivity contribution in [2.45, 2.75) is 38.4 Å². The van der Waals surface area contributed by atoms with Crippen LogP contribution in [0.25, 0.3) is 11.3 Å². The molecule has 2 aromatic heterocycles. The molecule has 0 spiro atoms. The van der Waals surface area contributed by atoms with Crippen molar-refractivity contribution in [3.05, 3.63) is 70.2 Å². The summed E-state index contributed by atoms with van der Waals surface area (Å²) in [5, 5.41) is 10.2. The van der Waals surface area contributed by atoms with E-state index in [4.69, 9.17) is 0 Å². The molecule has 0 amide bonds. The number of rotatable bonds is 6. The summed E-state index contributed by atoms with van der Waals surface area (Å²) in [6, 6.07) is 10.6. The Morgan fingerprint density at radius 1 is 1.03 bits per heavy atom. The molecule has 0 radical (unpaired) electrons. The Labute approximate surface area is 197 Å². The van der Waals surface area contributed by atoms with Gasteiger partial charge in [-0.15, -0.1) is 0 Å². The predicted molar refractivity (Wildman–Crippen MR) is 126 cm³/mol. The average molecular weight is 487 g/mol. The van der Waals surface area contributed by atoms with E-state index in [1.54, 1.807) is 6.07 Å². The number of sulfone groups is 1. The van der Waals surface area contributed by atoms with Gasteiger partial charge < -0.3 is 5.11 Å². The van der Waals surface area contributed by atoms with E-state index >= 15 is 0 Å². The highest BCUT2D eigenvalue weighted by Crippen LogP contribution is 2.33. The Hall–Kier alpha value is -2.98. The van der Waals surface area contributed by atoms with Crippen LogP contribution in [-0.4, -0.2) is 57.1 Å². The quantitative estimate of drug-likeness (QED) is 0.575. The number of aromatic nitrogens is 3. The zero-order valence-corrected chi connectivity index (χ0v) is 19.5. The molecular formula is C24H27FN4O4S. The second-order valence-corrected chi connectivity index (χ2v) is 11.4. The first-order valence-corrected chi connectivity index (χ1v) is 13.3. The molecule has 10 heteroatoms. The van der Waals surface area contributed by atoms with Gasteiger partial charge in [0.25, 0.3) is 0 Å². The molecule has 0 atom stereocenters. The van der Waals surface area contributed by atoms with Crippen LogP contribution in [0.15, 0.2) is 47.4 Å². The van der Waals surface area contributed by atoms with Crippen molar-refractivity contribution in [1.29, 1.82) is 0 Å². The van der Waals surface area contributed by atoms with Gasteiger partial charge in [0.05, 0.1) is 35.6 Å². The average Bonchev–Trinajstić information content (AvgIpc) is 3.04. The van der Waals surface area contributed by atoms with Crippen LogP contribution in [0.4, 0.5) is 4.39 Å². The minimum atomic E-state index is -3.00. The lowest BCUT2D eigenvalue weighted by atomic mass is 9.93. The Morgan fingerprint density at radius 2 is 1.74 bits per heavy atom. The number of benzene rings is 1. The lowest BCUT2D eigenvalue weighted by molar-refractivity contribution is 0.273. The molecule has 1 aromatic carbocycles. The van der Waals surface area contributed by atoms with E-state index in [9.17, 15) is 22.7 Å². The maximum absolute atomic E-state index is 14.4. The second kappa shape index (κ2) is 8.99. The molecule has 8 nitrogen and oxygen atoms in total. The summed E-state index contributed by atoms with van der Waals surface area (Å²) in [5.41, 5.74) is 2.42. The fourth-order valence-corrected chi connectivity index (χ4v) is 5.73. The topological polar surface area (TPSA) is 97.4 Å². The molecule has 3 heterocycles. The van der Waals surface area contributed by atoms with Gasteiger partial charge in [0.1, 0.15) is 5.82 Å². The van der Waals surface area contributed by atoms with Crippen molar-refractivity contribution in [3.8, 4) is 17.1 Å². The number of imidazole rings is 1. The molecule has 2 aliphatic rings. The normalized spacial score (nSPS) is 18.6. The van der Waals surface area contributed by atoms with E-state index in [0.29, 0.717) is 31.0 Å². The molecule has 0 unspecified atom stereocenters. The maximum Gasteiger partial charge on any atom is 0.331 e. The van der Waals surface area contributed by atoms with Gasteiger partial charge in [-0.1, -0.05) is 24.3 Å². The van der Waals surface area contributed by atoms with Crippen molar-refractivity contribution in [1.82, 2.24) is 19.0 Å². The van der Waals surface area contributed by atoms with E-state index in [2.05, 4.69) is 4.98 Å². The summed E-state index contributed by atoms with van der Waals surface area (Å²) in [6.07, 6.45) is 4.38. The van der Waals surface area contributed by atoms with E-state index in [1.165, 1.54) is 21.4 Å². The maximum atomic E-state index is 14.4. The van der Waals surface area contributed by atoms with Crippen molar-refractivity contribution in [2.75, 3.05) is 24.6 Å². The van der Waals surface area contributed by atoms with Crippen LogP contribution < -0.4 is 5.69 Å². The van der Waals surface area contributed by atoms with Crippen LogP contribution in [0.1, 0.15) is 36.6 Å². The number of nitrogens with zero attached hydrogens (tertiary/aromatic N) is 4. The summed E-state index contributed by atoms with van der Waals surface area (Å²) in [6.45, 7) is 1.35. The summed E-state index contributed by atoms with van der Waals surface area (Å²) in [5.74, 6) is -0.244. The Morgan fingerprint density at radius 3 is 2.38 bits per heavy atom. The molecule has 1 aliphatic heterocycles. The molecule has 1 saturated heterocycles. The first-order valence-electron chi connectivity index (χ1n) is 11.5. The summed E-state index contributed by atoms with van der Waals surface area (Å²) >= 11 is 0. The van der Waals surface area contributed by atoms with Gasteiger partial charge in [0.15, 0.2) is 9.84 Å². The van der Waals surface area contributed by atoms with Gasteiger partial charge in [0, 0.05) is 31.2 Å². The Bertz CT molecular complexity index is 1350. The molecular weight excluding hydrogens is 459 g/mol. The number of halogens is 1. The van der Waals surface area contributed by atoms with Crippen LogP contribution in [0.3, 0.4) is 0 Å². The molecule has 1 aliphatic carbocycles. The number of hydrogen-bond donors (Lipinski definition) is 1. The van der Waals surface area contributed by atoms with E-state index in [0.717, 1.165) is 30.4 Å². The van der Waals surface area contributed by atoms with Crippen LogP contribution in [0.5, 0.6) is 5.88 Å². The van der Waals surface area contributed by atoms with Crippen LogP contribution in [0, 0.1) is 5.82 Å². The zero-order valence-electron chi connectivity index (χ0n) is 18.7. The van der Waals surface area contributed by atoms with Crippen LogP contribution >= 0.6 is 0 Å². The zero-order chi connectivity index (χ0) is 23.9. The van der Waals surface area contributed by atoms with E-state index in [-0.39, 0.29) is 35.7 Å². The number of pyridine rings is 1. The minimum Gasteiger partial charge on any atom is -0.493 e. The summed E-state index contributed by atoms with van der Waals surface area (Å²) < 4.78 is 40.6. The first-order chi connectivity index (χ1) is 16.3. The van der Waals surface area contributed by atoms with Gasteiger partial charge in [-0.05, 0) is 37.0 Å². The molecule has 1 saturated carbocycles. The lowest BCUT2D eigenvalue weighted by Crippen LogP contribution is -2.40. The number of aromatic hydroxyl groups is 1. The number of hydrogen-bond acceptors (Lipinski definition) is 6. The van der Waals surface area contributed by atoms with Gasteiger partial charge in [-0.3, -0.25) is 14.0 Å². The third kappa shape index (κ3) is 4.65. The van der Waals surface area contributed by atoms with Gasteiger partial charge in [-0.25, -0.2) is 22.6 Å². The van der Waals surface area contributed by atoms with Gasteiger partial charge >= 0.3 is 5.69 Å². The van der Waals surface area contributed by atoms with E-state index < -0.39 is 15.7 Å². The molecule has 5 rings (SSSR count). The van der Waals surface area contributed by atoms with Crippen molar-refractivity contribution in [3.63, 3.8) is 0 Å². The van der Waals surface area contributed by atoms with Crippen molar-refractivity contribution < 1.29 is 17.9 Å². The van der Waals surface area contributed by atoms with E-state index in [1.807, 2.05) is 29.2 Å². The Balaban J connectivity index is 1.30. The van der Waals surface area contributed by atoms with Crippen LogP contribution in [0.2, 0.25) is 0 Å². The van der Waals surface area contributed by atoms with Crippen LogP contribution in [-0.2, 0) is 22.9 Å². The standard InChI is InChI=1S/C24H27FN4O4S/c25-20-8-9-21(26-22(20)15-27-10-12-34(32,33)13-11-27)18-6-4-17(5-7-18)14-28-16-23(30)29(24(28)31)19-2-1-3-19/h4-9,16,19,30H,1-3,10-15H2. The molecule has 34 heavy (non-hydrogen) atoms. The molecule has 3 aromatic rings. The smallest absolute Gasteiger partial charge is 0.331 e.